The first kappa shape index (κ1) is 12.2. The predicted octanol–water partition coefficient (Wildman–Crippen LogP) is 2.82. The molecule has 1 saturated heterocycles. The Morgan fingerprint density at radius 3 is 2.50 bits per heavy atom. The summed E-state index contributed by atoms with van der Waals surface area (Å²) in [5, 5.41) is 3.63. The smallest absolute Gasteiger partial charge is 0.0476 e. The Kier molecular flexibility index (Phi) is 2.95. The number of benzene rings is 1. The molecule has 1 N–H and O–H groups in total. The van der Waals surface area contributed by atoms with Crippen LogP contribution in [0.15, 0.2) is 30.3 Å². The highest BCUT2D eigenvalue weighted by Crippen LogP contribution is 2.51. The van der Waals surface area contributed by atoms with E-state index in [1.165, 1.54) is 18.5 Å². The quantitative estimate of drug-likeness (QED) is 0.860. The van der Waals surface area contributed by atoms with Gasteiger partial charge >= 0.3 is 0 Å². The van der Waals surface area contributed by atoms with Crippen LogP contribution in [0.25, 0.3) is 0 Å². The number of hydrogen-bond acceptors (Lipinski definition) is 2. The molecule has 0 bridgehead atoms. The van der Waals surface area contributed by atoms with Gasteiger partial charge in [-0.1, -0.05) is 44.2 Å². The minimum atomic E-state index is 0.518. The molecule has 2 nitrogen and oxygen atoms in total. The first-order valence-corrected chi connectivity index (χ1v) is 7.12. The van der Waals surface area contributed by atoms with Gasteiger partial charge in [0, 0.05) is 31.2 Å². The molecule has 0 spiro atoms. The van der Waals surface area contributed by atoms with Crippen molar-refractivity contribution in [3.63, 3.8) is 0 Å². The molecule has 1 aliphatic carbocycles. The van der Waals surface area contributed by atoms with Crippen molar-refractivity contribution in [2.24, 2.45) is 5.41 Å². The third-order valence-corrected chi connectivity index (χ3v) is 4.59. The van der Waals surface area contributed by atoms with E-state index in [4.69, 9.17) is 0 Å². The SMILES string of the molecule is CC1CN(C2CC2(C)C)C(c2ccccc2)CN1. The molecular weight excluding hydrogens is 220 g/mol. The van der Waals surface area contributed by atoms with E-state index in [1.807, 2.05) is 0 Å². The van der Waals surface area contributed by atoms with Gasteiger partial charge in [0.05, 0.1) is 0 Å². The van der Waals surface area contributed by atoms with E-state index in [0.717, 1.165) is 12.6 Å². The van der Waals surface area contributed by atoms with Crippen LogP contribution in [0.4, 0.5) is 0 Å². The van der Waals surface area contributed by atoms with E-state index < -0.39 is 0 Å². The van der Waals surface area contributed by atoms with Gasteiger partial charge in [-0.25, -0.2) is 0 Å². The number of hydrogen-bond donors (Lipinski definition) is 1. The first-order chi connectivity index (χ1) is 8.58. The minimum Gasteiger partial charge on any atom is -0.311 e. The third kappa shape index (κ3) is 2.19. The van der Waals surface area contributed by atoms with Crippen molar-refractivity contribution in [2.75, 3.05) is 13.1 Å². The van der Waals surface area contributed by atoms with Gasteiger partial charge < -0.3 is 5.32 Å². The topological polar surface area (TPSA) is 15.3 Å². The molecule has 2 fully saturated rings. The number of nitrogens with one attached hydrogen (secondary N) is 1. The van der Waals surface area contributed by atoms with Crippen molar-refractivity contribution < 1.29 is 0 Å². The lowest BCUT2D eigenvalue weighted by atomic mass is 10.00. The van der Waals surface area contributed by atoms with Crippen LogP contribution in [0.5, 0.6) is 0 Å². The van der Waals surface area contributed by atoms with E-state index in [9.17, 15) is 0 Å². The average molecular weight is 244 g/mol. The van der Waals surface area contributed by atoms with Gasteiger partial charge in [0.2, 0.25) is 0 Å². The second-order valence-corrected chi connectivity index (χ2v) is 6.64. The van der Waals surface area contributed by atoms with E-state index in [0.29, 0.717) is 17.5 Å². The third-order valence-electron chi connectivity index (χ3n) is 4.59. The van der Waals surface area contributed by atoms with Crippen molar-refractivity contribution in [3.8, 4) is 0 Å². The highest BCUT2D eigenvalue weighted by Gasteiger charge is 2.51. The summed E-state index contributed by atoms with van der Waals surface area (Å²) >= 11 is 0. The van der Waals surface area contributed by atoms with Crippen LogP contribution in [0.2, 0.25) is 0 Å². The Bertz CT molecular complexity index is 412. The molecule has 1 aromatic carbocycles. The molecule has 1 heterocycles. The molecule has 18 heavy (non-hydrogen) atoms. The normalized spacial score (nSPS) is 35.4. The highest BCUT2D eigenvalue weighted by atomic mass is 15.3. The summed E-state index contributed by atoms with van der Waals surface area (Å²) in [5.74, 6) is 0. The van der Waals surface area contributed by atoms with Crippen LogP contribution in [-0.4, -0.2) is 30.1 Å². The molecular formula is C16H24N2. The fourth-order valence-electron chi connectivity index (χ4n) is 3.27. The van der Waals surface area contributed by atoms with E-state index >= 15 is 0 Å². The van der Waals surface area contributed by atoms with Crippen molar-refractivity contribution in [1.82, 2.24) is 10.2 Å². The van der Waals surface area contributed by atoms with Gasteiger partial charge in [0.25, 0.3) is 0 Å². The summed E-state index contributed by atoms with van der Waals surface area (Å²) in [5.41, 5.74) is 1.98. The van der Waals surface area contributed by atoms with E-state index in [-0.39, 0.29) is 0 Å². The molecule has 2 aliphatic rings. The standard InChI is InChI=1S/C16H24N2/c1-12-11-18(15-9-16(15,2)3)14(10-17-12)13-7-5-4-6-8-13/h4-8,12,14-15,17H,9-11H2,1-3H3. The van der Waals surface area contributed by atoms with Crippen LogP contribution in [0.3, 0.4) is 0 Å². The lowest BCUT2D eigenvalue weighted by Crippen LogP contribution is -2.52. The molecule has 1 aromatic rings. The van der Waals surface area contributed by atoms with Crippen molar-refractivity contribution in [1.29, 1.82) is 0 Å². The van der Waals surface area contributed by atoms with Crippen LogP contribution in [0.1, 0.15) is 38.8 Å². The summed E-state index contributed by atoms with van der Waals surface area (Å²) in [6.45, 7) is 9.34. The Balaban J connectivity index is 1.83. The summed E-state index contributed by atoms with van der Waals surface area (Å²) in [6.07, 6.45) is 1.35. The summed E-state index contributed by atoms with van der Waals surface area (Å²) in [4.78, 5) is 2.73. The van der Waals surface area contributed by atoms with Gasteiger partial charge in [0.15, 0.2) is 0 Å². The van der Waals surface area contributed by atoms with Crippen LogP contribution < -0.4 is 5.32 Å². The molecule has 0 radical (unpaired) electrons. The maximum absolute atomic E-state index is 3.63. The molecule has 0 aromatic heterocycles. The Morgan fingerprint density at radius 2 is 1.89 bits per heavy atom. The summed E-state index contributed by atoms with van der Waals surface area (Å²) in [6, 6.07) is 12.9. The van der Waals surface area contributed by atoms with Crippen molar-refractivity contribution in [3.05, 3.63) is 35.9 Å². The monoisotopic (exact) mass is 244 g/mol. The highest BCUT2D eigenvalue weighted by molar-refractivity contribution is 5.22. The molecule has 1 aliphatic heterocycles. The zero-order chi connectivity index (χ0) is 12.8. The van der Waals surface area contributed by atoms with Gasteiger partial charge in [-0.3, -0.25) is 4.90 Å². The van der Waals surface area contributed by atoms with Crippen LogP contribution in [-0.2, 0) is 0 Å². The second kappa shape index (κ2) is 4.36. The first-order valence-electron chi connectivity index (χ1n) is 7.12. The van der Waals surface area contributed by atoms with Gasteiger partial charge in [-0.2, -0.15) is 0 Å². The average Bonchev–Trinajstić information content (AvgIpc) is 2.99. The van der Waals surface area contributed by atoms with Crippen LogP contribution >= 0.6 is 0 Å². The minimum absolute atomic E-state index is 0.518. The summed E-state index contributed by atoms with van der Waals surface area (Å²) in [7, 11) is 0. The Morgan fingerprint density at radius 1 is 1.22 bits per heavy atom. The zero-order valence-corrected chi connectivity index (χ0v) is 11.7. The zero-order valence-electron chi connectivity index (χ0n) is 11.7. The van der Waals surface area contributed by atoms with Crippen LogP contribution in [0, 0.1) is 5.41 Å². The second-order valence-electron chi connectivity index (χ2n) is 6.64. The van der Waals surface area contributed by atoms with E-state index in [1.54, 1.807) is 0 Å². The number of piperazine rings is 1. The maximum atomic E-state index is 3.63. The Hall–Kier alpha value is -0.860. The lowest BCUT2D eigenvalue weighted by molar-refractivity contribution is 0.112. The van der Waals surface area contributed by atoms with Crippen molar-refractivity contribution >= 4 is 0 Å². The molecule has 1 saturated carbocycles. The maximum Gasteiger partial charge on any atom is 0.0476 e. The predicted molar refractivity (Wildman–Crippen MR) is 75.5 cm³/mol. The van der Waals surface area contributed by atoms with E-state index in [2.05, 4.69) is 61.3 Å². The van der Waals surface area contributed by atoms with Crippen molar-refractivity contribution in [2.45, 2.75) is 45.3 Å². The van der Waals surface area contributed by atoms with Gasteiger partial charge in [0.1, 0.15) is 0 Å². The fraction of sp³-hybridized carbons (Fsp3) is 0.625. The molecule has 3 unspecified atom stereocenters. The lowest BCUT2D eigenvalue weighted by Gasteiger charge is -2.40. The summed E-state index contributed by atoms with van der Waals surface area (Å²) < 4.78 is 0. The Labute approximate surface area is 110 Å². The molecule has 0 amide bonds. The van der Waals surface area contributed by atoms with Gasteiger partial charge in [-0.15, -0.1) is 0 Å². The molecule has 3 atom stereocenters. The fourth-order valence-corrected chi connectivity index (χ4v) is 3.27. The molecule has 3 rings (SSSR count). The largest absolute Gasteiger partial charge is 0.311 e. The van der Waals surface area contributed by atoms with Gasteiger partial charge in [-0.05, 0) is 24.3 Å². The number of rotatable bonds is 2. The molecule has 2 heteroatoms. The number of nitrogens with zero attached hydrogens (tertiary/aromatic N) is 1. The molecule has 98 valence electrons.